The number of hydrogen-bond acceptors (Lipinski definition) is 3. The lowest BCUT2D eigenvalue weighted by Gasteiger charge is -2.26. The van der Waals surface area contributed by atoms with Gasteiger partial charge in [-0.25, -0.2) is 0 Å². The highest BCUT2D eigenvalue weighted by atomic mass is 16.4. The van der Waals surface area contributed by atoms with Gasteiger partial charge >= 0.3 is 0 Å². The zero-order valence-corrected chi connectivity index (χ0v) is 10.7. The summed E-state index contributed by atoms with van der Waals surface area (Å²) in [5.41, 5.74) is 5.46. The van der Waals surface area contributed by atoms with Crippen LogP contribution in [0.5, 0.6) is 0 Å². The molecule has 3 N–H and O–H groups in total. The van der Waals surface area contributed by atoms with Crippen LogP contribution in [0.25, 0.3) is 0 Å². The van der Waals surface area contributed by atoms with Gasteiger partial charge in [-0.1, -0.05) is 19.0 Å². The van der Waals surface area contributed by atoms with Crippen molar-refractivity contribution in [2.45, 2.75) is 52.5 Å². The molecule has 94 valence electrons. The fourth-order valence-electron chi connectivity index (χ4n) is 2.31. The molecule has 0 bridgehead atoms. The molecule has 1 aliphatic heterocycles. The van der Waals surface area contributed by atoms with E-state index < -0.39 is 0 Å². The Morgan fingerprint density at radius 2 is 2.25 bits per heavy atom. The van der Waals surface area contributed by atoms with Crippen molar-refractivity contribution in [2.24, 2.45) is 16.3 Å². The van der Waals surface area contributed by atoms with Gasteiger partial charge in [-0.15, -0.1) is 0 Å². The number of nitrogens with zero attached hydrogens (tertiary/aromatic N) is 2. The minimum Gasteiger partial charge on any atom is -0.409 e. The van der Waals surface area contributed by atoms with E-state index in [0.29, 0.717) is 5.84 Å². The fourth-order valence-corrected chi connectivity index (χ4v) is 2.31. The minimum absolute atomic E-state index is 0.197. The first kappa shape index (κ1) is 13.3. The molecule has 0 amide bonds. The second-order valence-electron chi connectivity index (χ2n) is 5.50. The summed E-state index contributed by atoms with van der Waals surface area (Å²) in [4.78, 5) is 2.53. The van der Waals surface area contributed by atoms with Gasteiger partial charge in [-0.05, 0) is 45.7 Å². The second kappa shape index (κ2) is 5.53. The highest BCUT2D eigenvalue weighted by Gasteiger charge is 2.25. The van der Waals surface area contributed by atoms with Gasteiger partial charge in [0.25, 0.3) is 0 Å². The number of rotatable bonds is 5. The number of amidine groups is 1. The van der Waals surface area contributed by atoms with E-state index >= 15 is 0 Å². The van der Waals surface area contributed by atoms with E-state index in [-0.39, 0.29) is 5.41 Å². The molecule has 1 saturated heterocycles. The Bertz CT molecular complexity index is 251. The number of nitrogens with two attached hydrogens (primary N) is 1. The van der Waals surface area contributed by atoms with Gasteiger partial charge in [0.2, 0.25) is 0 Å². The van der Waals surface area contributed by atoms with E-state index in [1.54, 1.807) is 0 Å². The van der Waals surface area contributed by atoms with Crippen molar-refractivity contribution in [3.05, 3.63) is 0 Å². The van der Waals surface area contributed by atoms with E-state index in [1.807, 2.05) is 13.8 Å². The topological polar surface area (TPSA) is 61.8 Å². The molecule has 1 aliphatic rings. The van der Waals surface area contributed by atoms with Crippen LogP contribution in [0.2, 0.25) is 0 Å². The summed E-state index contributed by atoms with van der Waals surface area (Å²) in [6, 6.07) is 0.729. The molecule has 0 aromatic carbocycles. The highest BCUT2D eigenvalue weighted by molar-refractivity contribution is 5.85. The van der Waals surface area contributed by atoms with Crippen LogP contribution >= 0.6 is 0 Å². The number of hydrogen-bond donors (Lipinski definition) is 2. The van der Waals surface area contributed by atoms with Gasteiger partial charge in [0.15, 0.2) is 0 Å². The largest absolute Gasteiger partial charge is 0.409 e. The Morgan fingerprint density at radius 1 is 1.56 bits per heavy atom. The first-order chi connectivity index (χ1) is 7.47. The van der Waals surface area contributed by atoms with Gasteiger partial charge in [-0.3, -0.25) is 0 Å². The van der Waals surface area contributed by atoms with Crippen LogP contribution in [0.1, 0.15) is 46.5 Å². The van der Waals surface area contributed by atoms with Crippen LogP contribution in [0, 0.1) is 5.41 Å². The lowest BCUT2D eigenvalue weighted by atomic mass is 9.86. The Balaban J connectivity index is 2.29. The minimum atomic E-state index is -0.197. The van der Waals surface area contributed by atoms with Crippen molar-refractivity contribution in [2.75, 3.05) is 13.1 Å². The van der Waals surface area contributed by atoms with Gasteiger partial charge in [0.1, 0.15) is 5.84 Å². The van der Waals surface area contributed by atoms with Crippen LogP contribution < -0.4 is 5.73 Å². The van der Waals surface area contributed by atoms with Crippen molar-refractivity contribution < 1.29 is 5.21 Å². The van der Waals surface area contributed by atoms with Crippen molar-refractivity contribution in [3.63, 3.8) is 0 Å². The van der Waals surface area contributed by atoms with Crippen molar-refractivity contribution >= 4 is 5.84 Å². The van der Waals surface area contributed by atoms with E-state index in [1.165, 1.54) is 19.4 Å². The molecular weight excluding hydrogens is 202 g/mol. The first-order valence-electron chi connectivity index (χ1n) is 6.19. The molecular formula is C12H25N3O. The molecule has 1 rings (SSSR count). The Kier molecular flexibility index (Phi) is 4.59. The molecule has 16 heavy (non-hydrogen) atoms. The van der Waals surface area contributed by atoms with E-state index in [0.717, 1.165) is 25.4 Å². The zero-order chi connectivity index (χ0) is 12.2. The summed E-state index contributed by atoms with van der Waals surface area (Å²) >= 11 is 0. The van der Waals surface area contributed by atoms with Crippen LogP contribution in [0.15, 0.2) is 5.16 Å². The maximum absolute atomic E-state index is 8.68. The first-order valence-corrected chi connectivity index (χ1v) is 6.19. The summed E-state index contributed by atoms with van der Waals surface area (Å²) in [5.74, 6) is 0.335. The molecule has 1 heterocycles. The Labute approximate surface area is 98.5 Å². The number of likely N-dealkylation sites (tertiary alicyclic amines) is 1. The highest BCUT2D eigenvalue weighted by Crippen LogP contribution is 2.24. The lowest BCUT2D eigenvalue weighted by Crippen LogP contribution is -2.34. The molecule has 1 atom stereocenters. The summed E-state index contributed by atoms with van der Waals surface area (Å²) in [6.07, 6.45) is 4.72. The molecule has 1 fully saturated rings. The summed E-state index contributed by atoms with van der Waals surface area (Å²) in [7, 11) is 0. The van der Waals surface area contributed by atoms with Gasteiger partial charge < -0.3 is 15.8 Å². The summed E-state index contributed by atoms with van der Waals surface area (Å²) in [6.45, 7) is 8.70. The van der Waals surface area contributed by atoms with Crippen LogP contribution in [0.4, 0.5) is 0 Å². The van der Waals surface area contributed by atoms with E-state index in [4.69, 9.17) is 10.9 Å². The maximum Gasteiger partial charge on any atom is 0.144 e. The third kappa shape index (κ3) is 3.37. The Morgan fingerprint density at radius 3 is 2.75 bits per heavy atom. The summed E-state index contributed by atoms with van der Waals surface area (Å²) in [5, 5.41) is 11.8. The zero-order valence-electron chi connectivity index (χ0n) is 10.7. The predicted octanol–water partition coefficient (Wildman–Crippen LogP) is 2.02. The quantitative estimate of drug-likeness (QED) is 0.327. The Hall–Kier alpha value is -0.770. The van der Waals surface area contributed by atoms with Gasteiger partial charge in [-0.2, -0.15) is 0 Å². The van der Waals surface area contributed by atoms with E-state index in [9.17, 15) is 0 Å². The number of oxime groups is 1. The molecule has 0 radical (unpaired) electrons. The molecule has 0 aliphatic carbocycles. The molecule has 0 aromatic heterocycles. The van der Waals surface area contributed by atoms with Gasteiger partial charge in [0, 0.05) is 11.5 Å². The molecule has 0 saturated carbocycles. The normalized spacial score (nSPS) is 23.9. The predicted molar refractivity (Wildman–Crippen MR) is 66.7 cm³/mol. The molecule has 0 aromatic rings. The average Bonchev–Trinajstić information content (AvgIpc) is 2.63. The molecule has 0 spiro atoms. The maximum atomic E-state index is 8.68. The van der Waals surface area contributed by atoms with E-state index in [2.05, 4.69) is 17.0 Å². The second-order valence-corrected chi connectivity index (χ2v) is 5.50. The van der Waals surface area contributed by atoms with Crippen molar-refractivity contribution in [1.82, 2.24) is 4.90 Å². The fraction of sp³-hybridized carbons (Fsp3) is 0.917. The SMILES string of the molecule is CC1CCCN1CCCC(C)(C)C(N)=NO. The van der Waals surface area contributed by atoms with Crippen LogP contribution in [-0.4, -0.2) is 35.1 Å². The monoisotopic (exact) mass is 227 g/mol. The average molecular weight is 227 g/mol. The van der Waals surface area contributed by atoms with Crippen molar-refractivity contribution in [1.29, 1.82) is 0 Å². The third-order valence-electron chi connectivity index (χ3n) is 3.74. The van der Waals surface area contributed by atoms with Gasteiger partial charge in [0.05, 0.1) is 0 Å². The lowest BCUT2D eigenvalue weighted by molar-refractivity contribution is 0.250. The molecule has 4 nitrogen and oxygen atoms in total. The smallest absolute Gasteiger partial charge is 0.144 e. The summed E-state index contributed by atoms with van der Waals surface area (Å²) < 4.78 is 0. The van der Waals surface area contributed by atoms with Crippen molar-refractivity contribution in [3.8, 4) is 0 Å². The van der Waals surface area contributed by atoms with Crippen LogP contribution in [-0.2, 0) is 0 Å². The standard InChI is InChI=1S/C12H25N3O/c1-10-6-4-8-15(10)9-5-7-12(2,3)11(13)14-16/h10,16H,4-9H2,1-3H3,(H2,13,14). The molecule has 4 heteroatoms. The molecule has 1 unspecified atom stereocenters. The van der Waals surface area contributed by atoms with Crippen LogP contribution in [0.3, 0.4) is 0 Å². The third-order valence-corrected chi connectivity index (χ3v) is 3.74.